The van der Waals surface area contributed by atoms with E-state index in [2.05, 4.69) is 22.9 Å². The fourth-order valence-electron chi connectivity index (χ4n) is 3.06. The first-order valence-electron chi connectivity index (χ1n) is 6.67. The van der Waals surface area contributed by atoms with E-state index >= 15 is 0 Å². The van der Waals surface area contributed by atoms with Crippen molar-refractivity contribution in [1.82, 2.24) is 0 Å². The number of ether oxygens (including phenoxy) is 1. The summed E-state index contributed by atoms with van der Waals surface area (Å²) in [6, 6.07) is 4.74. The van der Waals surface area contributed by atoms with Crippen LogP contribution in [0.1, 0.15) is 26.3 Å². The van der Waals surface area contributed by atoms with Crippen LogP contribution in [0.5, 0.6) is 0 Å². The minimum Gasteiger partial charge on any atom is -0.392 e. The predicted molar refractivity (Wildman–Crippen MR) is 76.5 cm³/mol. The molecule has 0 bridgehead atoms. The molecular weight excluding hydrogens is 311 g/mol. The number of benzene rings is 1. The van der Waals surface area contributed by atoms with E-state index in [0.29, 0.717) is 16.8 Å². The second-order valence-electron chi connectivity index (χ2n) is 5.53. The van der Waals surface area contributed by atoms with E-state index < -0.39 is 6.10 Å². The van der Waals surface area contributed by atoms with Crippen LogP contribution in [0.4, 0.5) is 4.39 Å². The number of rotatable bonds is 3. The lowest BCUT2D eigenvalue weighted by Crippen LogP contribution is -2.32. The first-order valence-corrected chi connectivity index (χ1v) is 7.46. The molecule has 0 aliphatic carbocycles. The molecule has 0 saturated carbocycles. The third-order valence-corrected chi connectivity index (χ3v) is 4.59. The molecule has 1 aliphatic rings. The van der Waals surface area contributed by atoms with Crippen molar-refractivity contribution in [3.63, 3.8) is 0 Å². The highest BCUT2D eigenvalue weighted by molar-refractivity contribution is 9.10. The Labute approximate surface area is 122 Å². The zero-order valence-corrected chi connectivity index (χ0v) is 13.0. The molecule has 1 aromatic carbocycles. The van der Waals surface area contributed by atoms with Crippen LogP contribution < -0.4 is 0 Å². The van der Waals surface area contributed by atoms with Crippen LogP contribution in [0.2, 0.25) is 0 Å². The third kappa shape index (κ3) is 3.36. The Kier molecular flexibility index (Phi) is 4.64. The molecule has 1 saturated heterocycles. The van der Waals surface area contributed by atoms with Gasteiger partial charge in [-0.3, -0.25) is 0 Å². The van der Waals surface area contributed by atoms with Gasteiger partial charge in [-0.05, 0) is 49.9 Å². The van der Waals surface area contributed by atoms with Crippen molar-refractivity contribution in [2.45, 2.75) is 45.5 Å². The van der Waals surface area contributed by atoms with E-state index in [9.17, 15) is 9.50 Å². The van der Waals surface area contributed by atoms with Gasteiger partial charge in [0.25, 0.3) is 0 Å². The quantitative estimate of drug-likeness (QED) is 0.918. The third-order valence-electron chi connectivity index (χ3n) is 4.13. The maximum absolute atomic E-state index is 13.3. The predicted octanol–water partition coefficient (Wildman–Crippen LogP) is 3.55. The summed E-state index contributed by atoms with van der Waals surface area (Å²) in [6.07, 6.45) is 0.140. The molecule has 2 nitrogen and oxygen atoms in total. The molecule has 1 heterocycles. The molecule has 4 heteroatoms. The molecule has 19 heavy (non-hydrogen) atoms. The fraction of sp³-hybridized carbons (Fsp3) is 0.600. The number of hydrogen-bond donors (Lipinski definition) is 1. The Hall–Kier alpha value is -0.450. The van der Waals surface area contributed by atoms with Crippen molar-refractivity contribution in [2.24, 2.45) is 11.8 Å². The first-order chi connectivity index (χ1) is 8.88. The maximum atomic E-state index is 13.3. The topological polar surface area (TPSA) is 29.5 Å². The average Bonchev–Trinajstić information content (AvgIpc) is 2.51. The van der Waals surface area contributed by atoms with E-state index in [0.717, 1.165) is 5.56 Å². The van der Waals surface area contributed by atoms with Crippen LogP contribution in [0, 0.1) is 17.7 Å². The van der Waals surface area contributed by atoms with Crippen molar-refractivity contribution in [3.05, 3.63) is 34.1 Å². The molecule has 1 fully saturated rings. The van der Waals surface area contributed by atoms with Crippen molar-refractivity contribution in [1.29, 1.82) is 0 Å². The van der Waals surface area contributed by atoms with Gasteiger partial charge < -0.3 is 9.84 Å². The maximum Gasteiger partial charge on any atom is 0.124 e. The van der Waals surface area contributed by atoms with Gasteiger partial charge >= 0.3 is 0 Å². The van der Waals surface area contributed by atoms with Gasteiger partial charge in [0, 0.05) is 10.4 Å². The summed E-state index contributed by atoms with van der Waals surface area (Å²) in [6.45, 7) is 6.13. The standard InChI is InChI=1S/C15H20BrFO2/c1-8-9(2)19-10(3)15(8)14(18)6-11-4-12(16)7-13(17)5-11/h4-5,7-10,14-15,18H,6H2,1-3H3. The van der Waals surface area contributed by atoms with E-state index in [4.69, 9.17) is 4.74 Å². The monoisotopic (exact) mass is 330 g/mol. The van der Waals surface area contributed by atoms with Crippen molar-refractivity contribution in [3.8, 4) is 0 Å². The Balaban J connectivity index is 2.10. The summed E-state index contributed by atoms with van der Waals surface area (Å²) < 4.78 is 19.8. The highest BCUT2D eigenvalue weighted by Crippen LogP contribution is 2.35. The van der Waals surface area contributed by atoms with Gasteiger partial charge in [0.15, 0.2) is 0 Å². The smallest absolute Gasteiger partial charge is 0.124 e. The summed E-state index contributed by atoms with van der Waals surface area (Å²) >= 11 is 3.27. The van der Waals surface area contributed by atoms with Crippen LogP contribution in [0.15, 0.2) is 22.7 Å². The minimum atomic E-state index is -0.511. The molecule has 0 spiro atoms. The minimum absolute atomic E-state index is 0.0389. The zero-order chi connectivity index (χ0) is 14.2. The van der Waals surface area contributed by atoms with E-state index in [1.807, 2.05) is 19.9 Å². The number of halogens is 2. The van der Waals surface area contributed by atoms with Crippen LogP contribution in [-0.2, 0) is 11.2 Å². The van der Waals surface area contributed by atoms with Crippen LogP contribution in [0.3, 0.4) is 0 Å². The largest absolute Gasteiger partial charge is 0.392 e. The summed E-state index contributed by atoms with van der Waals surface area (Å²) in [5.74, 6) is 0.118. The molecule has 5 unspecified atom stereocenters. The summed E-state index contributed by atoms with van der Waals surface area (Å²) in [4.78, 5) is 0. The Morgan fingerprint density at radius 3 is 2.47 bits per heavy atom. The van der Waals surface area contributed by atoms with Crippen LogP contribution in [0.25, 0.3) is 0 Å². The number of hydrogen-bond acceptors (Lipinski definition) is 2. The second-order valence-corrected chi connectivity index (χ2v) is 6.45. The average molecular weight is 331 g/mol. The molecule has 106 valence electrons. The van der Waals surface area contributed by atoms with E-state index in [1.165, 1.54) is 12.1 Å². The van der Waals surface area contributed by atoms with E-state index in [1.54, 1.807) is 0 Å². The Bertz CT molecular complexity index is 432. The van der Waals surface area contributed by atoms with Crippen molar-refractivity contribution >= 4 is 15.9 Å². The fourth-order valence-corrected chi connectivity index (χ4v) is 3.58. The normalized spacial score (nSPS) is 32.5. The molecule has 5 atom stereocenters. The molecular formula is C15H20BrFO2. The van der Waals surface area contributed by atoms with Crippen molar-refractivity contribution in [2.75, 3.05) is 0 Å². The van der Waals surface area contributed by atoms with Crippen molar-refractivity contribution < 1.29 is 14.2 Å². The highest BCUT2D eigenvalue weighted by atomic mass is 79.9. The Morgan fingerprint density at radius 2 is 1.95 bits per heavy atom. The van der Waals surface area contributed by atoms with Gasteiger partial charge in [0.2, 0.25) is 0 Å². The summed E-state index contributed by atoms with van der Waals surface area (Å²) in [5.41, 5.74) is 0.804. The lowest BCUT2D eigenvalue weighted by atomic mass is 9.83. The van der Waals surface area contributed by atoms with Gasteiger partial charge in [-0.25, -0.2) is 4.39 Å². The SMILES string of the molecule is CC1OC(C)C(C(O)Cc2cc(F)cc(Br)c2)C1C. The van der Waals surface area contributed by atoms with Crippen LogP contribution >= 0.6 is 15.9 Å². The molecule has 1 aromatic rings. The zero-order valence-electron chi connectivity index (χ0n) is 11.4. The molecule has 0 amide bonds. The number of aliphatic hydroxyl groups is 1. The molecule has 1 N–H and O–H groups in total. The van der Waals surface area contributed by atoms with Gasteiger partial charge in [-0.2, -0.15) is 0 Å². The van der Waals surface area contributed by atoms with E-state index in [-0.39, 0.29) is 23.9 Å². The second kappa shape index (κ2) is 5.90. The first kappa shape index (κ1) is 14.9. The lowest BCUT2D eigenvalue weighted by molar-refractivity contribution is 0.0240. The molecule has 2 rings (SSSR count). The molecule has 1 aliphatic heterocycles. The molecule has 0 radical (unpaired) electrons. The summed E-state index contributed by atoms with van der Waals surface area (Å²) in [5, 5.41) is 10.4. The number of aliphatic hydroxyl groups excluding tert-OH is 1. The Morgan fingerprint density at radius 1 is 1.26 bits per heavy atom. The van der Waals surface area contributed by atoms with Gasteiger partial charge in [0.05, 0.1) is 18.3 Å². The van der Waals surface area contributed by atoms with Crippen LogP contribution in [-0.4, -0.2) is 23.4 Å². The molecule has 0 aromatic heterocycles. The van der Waals surface area contributed by atoms with Gasteiger partial charge in [-0.15, -0.1) is 0 Å². The highest BCUT2D eigenvalue weighted by Gasteiger charge is 2.40. The van der Waals surface area contributed by atoms with Gasteiger partial charge in [-0.1, -0.05) is 22.9 Å². The van der Waals surface area contributed by atoms with Gasteiger partial charge in [0.1, 0.15) is 5.82 Å². The summed E-state index contributed by atoms with van der Waals surface area (Å²) in [7, 11) is 0. The lowest BCUT2D eigenvalue weighted by Gasteiger charge is -2.24.